The Kier molecular flexibility index (Phi) is 2.94. The van der Waals surface area contributed by atoms with Gasteiger partial charge in [-0.3, -0.25) is 4.79 Å². The SMILES string of the molecule is Cc1csc(CC(=O)C(C)N)n1. The van der Waals surface area contributed by atoms with E-state index in [0.29, 0.717) is 6.42 Å². The summed E-state index contributed by atoms with van der Waals surface area (Å²) >= 11 is 1.51. The van der Waals surface area contributed by atoms with Crippen molar-refractivity contribution in [2.24, 2.45) is 5.73 Å². The Labute approximate surface area is 75.6 Å². The van der Waals surface area contributed by atoms with Crippen LogP contribution in [0.15, 0.2) is 5.38 Å². The molecular formula is C8H12N2OS. The molecule has 1 unspecified atom stereocenters. The van der Waals surface area contributed by atoms with E-state index in [1.54, 1.807) is 6.92 Å². The van der Waals surface area contributed by atoms with Gasteiger partial charge in [-0.2, -0.15) is 0 Å². The summed E-state index contributed by atoms with van der Waals surface area (Å²) in [5.74, 6) is 0.0457. The first-order valence-corrected chi connectivity index (χ1v) is 4.67. The fraction of sp³-hybridized carbons (Fsp3) is 0.500. The average Bonchev–Trinajstić information content (AvgIpc) is 2.35. The van der Waals surface area contributed by atoms with E-state index < -0.39 is 0 Å². The van der Waals surface area contributed by atoms with Crippen molar-refractivity contribution < 1.29 is 4.79 Å². The molecule has 0 aliphatic carbocycles. The van der Waals surface area contributed by atoms with E-state index in [4.69, 9.17) is 5.73 Å². The summed E-state index contributed by atoms with van der Waals surface area (Å²) in [6, 6.07) is -0.380. The Morgan fingerprint density at radius 3 is 2.92 bits per heavy atom. The molecule has 0 amide bonds. The second-order valence-corrected chi connectivity index (χ2v) is 3.76. The Bertz CT molecular complexity index is 280. The summed E-state index contributed by atoms with van der Waals surface area (Å²) in [4.78, 5) is 15.3. The molecule has 0 radical (unpaired) electrons. The van der Waals surface area contributed by atoms with Crippen LogP contribution >= 0.6 is 11.3 Å². The topological polar surface area (TPSA) is 56.0 Å². The summed E-state index contributed by atoms with van der Waals surface area (Å²) in [6.07, 6.45) is 0.371. The molecular weight excluding hydrogens is 172 g/mol. The molecule has 3 nitrogen and oxygen atoms in total. The van der Waals surface area contributed by atoms with Crippen molar-refractivity contribution in [1.82, 2.24) is 4.98 Å². The first-order valence-electron chi connectivity index (χ1n) is 3.79. The number of Topliss-reactive ketones (excluding diaryl/α,β-unsaturated/α-hetero) is 1. The Morgan fingerprint density at radius 1 is 1.83 bits per heavy atom. The normalized spacial score (nSPS) is 12.9. The van der Waals surface area contributed by atoms with Gasteiger partial charge in [0.2, 0.25) is 0 Å². The Morgan fingerprint density at radius 2 is 2.50 bits per heavy atom. The molecule has 0 bridgehead atoms. The maximum Gasteiger partial charge on any atom is 0.156 e. The maximum atomic E-state index is 11.2. The van der Waals surface area contributed by atoms with E-state index in [0.717, 1.165) is 10.7 Å². The Hall–Kier alpha value is -0.740. The molecule has 0 spiro atoms. The minimum Gasteiger partial charge on any atom is -0.322 e. The van der Waals surface area contributed by atoms with Crippen molar-refractivity contribution in [2.45, 2.75) is 26.3 Å². The van der Waals surface area contributed by atoms with Crippen LogP contribution < -0.4 is 5.73 Å². The highest BCUT2D eigenvalue weighted by atomic mass is 32.1. The second-order valence-electron chi connectivity index (χ2n) is 2.81. The molecule has 2 N–H and O–H groups in total. The summed E-state index contributed by atoms with van der Waals surface area (Å²) in [5.41, 5.74) is 6.38. The fourth-order valence-corrected chi connectivity index (χ4v) is 1.58. The predicted molar refractivity (Wildman–Crippen MR) is 49.2 cm³/mol. The molecule has 1 aromatic rings. The van der Waals surface area contributed by atoms with Crippen LogP contribution in [-0.4, -0.2) is 16.8 Å². The van der Waals surface area contributed by atoms with Crippen LogP contribution in [-0.2, 0) is 11.2 Å². The average molecular weight is 184 g/mol. The Balaban J connectivity index is 2.58. The lowest BCUT2D eigenvalue weighted by atomic mass is 10.2. The lowest BCUT2D eigenvalue weighted by Gasteiger charge is -2.00. The molecule has 1 atom stereocenters. The quantitative estimate of drug-likeness (QED) is 0.759. The van der Waals surface area contributed by atoms with Crippen LogP contribution in [0.3, 0.4) is 0 Å². The van der Waals surface area contributed by atoms with Crippen LogP contribution in [0.25, 0.3) is 0 Å². The van der Waals surface area contributed by atoms with Gasteiger partial charge in [0.25, 0.3) is 0 Å². The molecule has 1 rings (SSSR count). The van der Waals surface area contributed by atoms with Gasteiger partial charge in [-0.1, -0.05) is 0 Å². The molecule has 0 aliphatic rings. The summed E-state index contributed by atoms with van der Waals surface area (Å²) in [6.45, 7) is 3.61. The van der Waals surface area contributed by atoms with Crippen molar-refractivity contribution >= 4 is 17.1 Å². The van der Waals surface area contributed by atoms with E-state index in [-0.39, 0.29) is 11.8 Å². The van der Waals surface area contributed by atoms with E-state index in [1.807, 2.05) is 12.3 Å². The minimum atomic E-state index is -0.380. The van der Waals surface area contributed by atoms with Crippen molar-refractivity contribution in [2.75, 3.05) is 0 Å². The van der Waals surface area contributed by atoms with Crippen molar-refractivity contribution in [3.05, 3.63) is 16.1 Å². The van der Waals surface area contributed by atoms with Gasteiger partial charge in [0.15, 0.2) is 5.78 Å². The predicted octanol–water partition coefficient (Wildman–Crippen LogP) is 0.910. The molecule has 4 heteroatoms. The van der Waals surface area contributed by atoms with Gasteiger partial charge in [-0.05, 0) is 13.8 Å². The minimum absolute atomic E-state index is 0.0457. The first-order chi connectivity index (χ1) is 5.59. The number of rotatable bonds is 3. The van der Waals surface area contributed by atoms with Crippen molar-refractivity contribution in [3.8, 4) is 0 Å². The largest absolute Gasteiger partial charge is 0.322 e. The van der Waals surface area contributed by atoms with Crippen LogP contribution in [0.5, 0.6) is 0 Å². The lowest BCUT2D eigenvalue weighted by molar-refractivity contribution is -0.119. The highest BCUT2D eigenvalue weighted by Gasteiger charge is 2.10. The molecule has 0 saturated carbocycles. The molecule has 1 heterocycles. The van der Waals surface area contributed by atoms with Gasteiger partial charge in [-0.15, -0.1) is 11.3 Å². The number of aryl methyl sites for hydroxylation is 1. The monoisotopic (exact) mass is 184 g/mol. The van der Waals surface area contributed by atoms with Crippen LogP contribution in [0.4, 0.5) is 0 Å². The third-order valence-electron chi connectivity index (χ3n) is 1.50. The van der Waals surface area contributed by atoms with Gasteiger partial charge in [-0.25, -0.2) is 4.98 Å². The van der Waals surface area contributed by atoms with E-state index in [1.165, 1.54) is 11.3 Å². The zero-order chi connectivity index (χ0) is 9.14. The van der Waals surface area contributed by atoms with Gasteiger partial charge >= 0.3 is 0 Å². The number of carbonyl (C=O) groups is 1. The number of ketones is 1. The number of hydrogen-bond donors (Lipinski definition) is 1. The molecule has 1 aromatic heterocycles. The van der Waals surface area contributed by atoms with Gasteiger partial charge in [0.1, 0.15) is 5.01 Å². The second kappa shape index (κ2) is 3.78. The summed E-state index contributed by atoms with van der Waals surface area (Å²) in [7, 11) is 0. The fourth-order valence-electron chi connectivity index (χ4n) is 0.794. The van der Waals surface area contributed by atoms with E-state index in [9.17, 15) is 4.79 Å². The number of hydrogen-bond acceptors (Lipinski definition) is 4. The standard InChI is InChI=1S/C8H12N2OS/c1-5-4-12-8(10-5)3-7(11)6(2)9/h4,6H,3,9H2,1-2H3. The summed E-state index contributed by atoms with van der Waals surface area (Å²) < 4.78 is 0. The van der Waals surface area contributed by atoms with Gasteiger partial charge < -0.3 is 5.73 Å². The van der Waals surface area contributed by atoms with Gasteiger partial charge in [0.05, 0.1) is 12.5 Å². The number of nitrogens with two attached hydrogens (primary N) is 1. The van der Waals surface area contributed by atoms with Crippen LogP contribution in [0.2, 0.25) is 0 Å². The maximum absolute atomic E-state index is 11.2. The summed E-state index contributed by atoms with van der Waals surface area (Å²) in [5, 5.41) is 2.79. The molecule has 0 aliphatic heterocycles. The van der Waals surface area contributed by atoms with Crippen LogP contribution in [0.1, 0.15) is 17.6 Å². The zero-order valence-corrected chi connectivity index (χ0v) is 8.02. The third kappa shape index (κ3) is 2.39. The number of thiazole rings is 1. The highest BCUT2D eigenvalue weighted by molar-refractivity contribution is 7.09. The molecule has 66 valence electrons. The molecule has 12 heavy (non-hydrogen) atoms. The zero-order valence-electron chi connectivity index (χ0n) is 7.20. The molecule has 0 aromatic carbocycles. The number of carbonyl (C=O) groups excluding carboxylic acids is 1. The van der Waals surface area contributed by atoms with Crippen molar-refractivity contribution in [3.63, 3.8) is 0 Å². The lowest BCUT2D eigenvalue weighted by Crippen LogP contribution is -2.28. The number of aromatic nitrogens is 1. The molecule has 0 saturated heterocycles. The van der Waals surface area contributed by atoms with E-state index >= 15 is 0 Å². The highest BCUT2D eigenvalue weighted by Crippen LogP contribution is 2.09. The van der Waals surface area contributed by atoms with Crippen molar-refractivity contribution in [1.29, 1.82) is 0 Å². The van der Waals surface area contributed by atoms with Gasteiger partial charge in [0, 0.05) is 11.1 Å². The third-order valence-corrected chi connectivity index (χ3v) is 2.47. The smallest absolute Gasteiger partial charge is 0.156 e. The first kappa shape index (κ1) is 9.35. The molecule has 0 fully saturated rings. The number of nitrogens with zero attached hydrogens (tertiary/aromatic N) is 1. The van der Waals surface area contributed by atoms with Crippen LogP contribution in [0, 0.1) is 6.92 Å². The van der Waals surface area contributed by atoms with E-state index in [2.05, 4.69) is 4.98 Å².